The third kappa shape index (κ3) is 4.09. The first-order chi connectivity index (χ1) is 8.74. The molecule has 0 radical (unpaired) electrons. The van der Waals surface area contributed by atoms with Crippen LogP contribution in [0.5, 0.6) is 5.88 Å². The van der Waals surface area contributed by atoms with Gasteiger partial charge in [0.15, 0.2) is 0 Å². The second kappa shape index (κ2) is 6.47. The Labute approximate surface area is 105 Å². The summed E-state index contributed by atoms with van der Waals surface area (Å²) in [5.41, 5.74) is 0. The van der Waals surface area contributed by atoms with Crippen molar-refractivity contribution in [3.63, 3.8) is 0 Å². The van der Waals surface area contributed by atoms with Crippen LogP contribution in [0.3, 0.4) is 0 Å². The molecule has 1 fully saturated rings. The minimum atomic E-state index is -2.41. The average molecular weight is 257 g/mol. The molecule has 0 amide bonds. The third-order valence-corrected chi connectivity index (χ3v) is 2.99. The van der Waals surface area contributed by atoms with Gasteiger partial charge >= 0.3 is 0 Å². The van der Waals surface area contributed by atoms with Crippen molar-refractivity contribution in [2.24, 2.45) is 5.92 Å². The maximum absolute atomic E-state index is 12.0. The molecule has 100 valence electrons. The van der Waals surface area contributed by atoms with Crippen LogP contribution in [0, 0.1) is 5.92 Å². The third-order valence-electron chi connectivity index (χ3n) is 2.99. The molecule has 1 aromatic rings. The second-order valence-corrected chi connectivity index (χ2v) is 4.48. The normalized spacial score (nSPS) is 16.2. The van der Waals surface area contributed by atoms with Gasteiger partial charge in [0.2, 0.25) is 5.88 Å². The summed E-state index contributed by atoms with van der Waals surface area (Å²) in [4.78, 5) is 7.99. The van der Waals surface area contributed by atoms with Crippen LogP contribution in [0.25, 0.3) is 0 Å². The Hall–Kier alpha value is -1.46. The highest BCUT2D eigenvalue weighted by Gasteiger charge is 2.15. The Morgan fingerprint density at radius 1 is 1.33 bits per heavy atom. The number of halogens is 2. The number of rotatable bonds is 6. The van der Waals surface area contributed by atoms with Gasteiger partial charge in [-0.1, -0.05) is 12.8 Å². The molecule has 2 rings (SSSR count). The van der Waals surface area contributed by atoms with Gasteiger partial charge in [-0.2, -0.15) is 4.98 Å². The van der Waals surface area contributed by atoms with E-state index in [-0.39, 0.29) is 0 Å². The summed E-state index contributed by atoms with van der Waals surface area (Å²) >= 11 is 0. The monoisotopic (exact) mass is 257 g/mol. The van der Waals surface area contributed by atoms with E-state index < -0.39 is 13.0 Å². The van der Waals surface area contributed by atoms with Crippen molar-refractivity contribution in [1.82, 2.24) is 9.97 Å². The van der Waals surface area contributed by atoms with Gasteiger partial charge in [-0.05, 0) is 18.8 Å². The largest absolute Gasteiger partial charge is 0.476 e. The highest BCUT2D eigenvalue weighted by Crippen LogP contribution is 2.25. The van der Waals surface area contributed by atoms with Crippen LogP contribution in [0.4, 0.5) is 14.6 Å². The summed E-state index contributed by atoms with van der Waals surface area (Å²) in [5.74, 6) is 1.30. The second-order valence-electron chi connectivity index (χ2n) is 4.48. The molecule has 0 unspecified atom stereocenters. The quantitative estimate of drug-likeness (QED) is 0.851. The number of hydrogen-bond acceptors (Lipinski definition) is 4. The molecule has 1 heterocycles. The van der Waals surface area contributed by atoms with E-state index in [9.17, 15) is 8.78 Å². The zero-order chi connectivity index (χ0) is 12.8. The molecule has 1 saturated carbocycles. The lowest BCUT2D eigenvalue weighted by atomic mass is 10.1. The molecule has 1 aliphatic rings. The molecule has 6 heteroatoms. The van der Waals surface area contributed by atoms with Crippen LogP contribution in [-0.2, 0) is 0 Å². The summed E-state index contributed by atoms with van der Waals surface area (Å²) in [7, 11) is 0. The molecule has 0 aliphatic heterocycles. The Morgan fingerprint density at radius 3 is 2.83 bits per heavy atom. The van der Waals surface area contributed by atoms with Crippen LogP contribution in [0.15, 0.2) is 12.4 Å². The number of hydrogen-bond donors (Lipinski definition) is 1. The lowest BCUT2D eigenvalue weighted by Crippen LogP contribution is -2.13. The highest BCUT2D eigenvalue weighted by molar-refractivity contribution is 5.33. The van der Waals surface area contributed by atoms with Gasteiger partial charge < -0.3 is 10.1 Å². The lowest BCUT2D eigenvalue weighted by Gasteiger charge is -2.11. The van der Waals surface area contributed by atoms with E-state index in [1.54, 1.807) is 0 Å². The van der Waals surface area contributed by atoms with Gasteiger partial charge in [-0.3, -0.25) is 4.98 Å². The number of ether oxygens (including phenoxy) is 1. The molecule has 0 atom stereocenters. The molecule has 0 spiro atoms. The first kappa shape index (κ1) is 13.0. The highest BCUT2D eigenvalue weighted by atomic mass is 19.3. The Bertz CT molecular complexity index is 370. The Kier molecular flexibility index (Phi) is 4.66. The van der Waals surface area contributed by atoms with Crippen LogP contribution < -0.4 is 10.1 Å². The van der Waals surface area contributed by atoms with Gasteiger partial charge in [0.25, 0.3) is 6.43 Å². The zero-order valence-corrected chi connectivity index (χ0v) is 10.1. The summed E-state index contributed by atoms with van der Waals surface area (Å²) in [5, 5.41) is 2.51. The van der Waals surface area contributed by atoms with Crippen LogP contribution in [-0.4, -0.2) is 29.5 Å². The predicted octanol–water partition coefficient (Wildman–Crippen LogP) is 2.72. The molecule has 1 aliphatic carbocycles. The van der Waals surface area contributed by atoms with E-state index in [2.05, 4.69) is 15.3 Å². The molecule has 1 N–H and O–H groups in total. The van der Waals surface area contributed by atoms with Gasteiger partial charge in [0.05, 0.1) is 25.5 Å². The van der Waals surface area contributed by atoms with E-state index in [0.717, 1.165) is 0 Å². The van der Waals surface area contributed by atoms with Crippen molar-refractivity contribution >= 4 is 5.82 Å². The van der Waals surface area contributed by atoms with E-state index in [1.807, 2.05) is 0 Å². The molecular formula is C12H17F2N3O. The minimum absolute atomic E-state index is 0.319. The number of aromatic nitrogens is 2. The van der Waals surface area contributed by atoms with Crippen molar-refractivity contribution in [3.05, 3.63) is 12.4 Å². The minimum Gasteiger partial charge on any atom is -0.476 e. The maximum Gasteiger partial charge on any atom is 0.255 e. The molecule has 4 nitrogen and oxygen atoms in total. The van der Waals surface area contributed by atoms with Crippen LogP contribution in [0.1, 0.15) is 25.7 Å². The molecular weight excluding hydrogens is 240 g/mol. The first-order valence-electron chi connectivity index (χ1n) is 6.21. The molecule has 0 bridgehead atoms. The van der Waals surface area contributed by atoms with Gasteiger partial charge in [0, 0.05) is 0 Å². The summed E-state index contributed by atoms with van der Waals surface area (Å²) in [6.45, 7) is 0.202. The Morgan fingerprint density at radius 2 is 2.11 bits per heavy atom. The first-order valence-corrected chi connectivity index (χ1v) is 6.21. The van der Waals surface area contributed by atoms with Crippen molar-refractivity contribution < 1.29 is 13.5 Å². The van der Waals surface area contributed by atoms with Crippen molar-refractivity contribution in [2.75, 3.05) is 18.5 Å². The fourth-order valence-corrected chi connectivity index (χ4v) is 2.06. The zero-order valence-electron chi connectivity index (χ0n) is 10.1. The van der Waals surface area contributed by atoms with Crippen LogP contribution >= 0.6 is 0 Å². The van der Waals surface area contributed by atoms with E-state index in [1.165, 1.54) is 38.1 Å². The molecule has 18 heavy (non-hydrogen) atoms. The smallest absolute Gasteiger partial charge is 0.255 e. The summed E-state index contributed by atoms with van der Waals surface area (Å²) < 4.78 is 29.6. The number of anilines is 1. The molecule has 1 aromatic heterocycles. The topological polar surface area (TPSA) is 47.0 Å². The fourth-order valence-electron chi connectivity index (χ4n) is 2.06. The van der Waals surface area contributed by atoms with E-state index in [4.69, 9.17) is 4.74 Å². The summed E-state index contributed by atoms with van der Waals surface area (Å²) in [6, 6.07) is 0. The van der Waals surface area contributed by atoms with E-state index in [0.29, 0.717) is 24.2 Å². The number of nitrogens with one attached hydrogen (secondary N) is 1. The number of nitrogens with zero attached hydrogens (tertiary/aromatic N) is 2. The molecule has 0 saturated heterocycles. The van der Waals surface area contributed by atoms with Crippen molar-refractivity contribution in [1.29, 1.82) is 0 Å². The fraction of sp³-hybridized carbons (Fsp3) is 0.667. The van der Waals surface area contributed by atoms with Gasteiger partial charge in [-0.15, -0.1) is 0 Å². The van der Waals surface area contributed by atoms with Crippen LogP contribution in [0.2, 0.25) is 0 Å². The SMILES string of the molecule is FC(F)CNc1cncc(OCC2CCCC2)n1. The number of alkyl halides is 2. The van der Waals surface area contributed by atoms with Crippen molar-refractivity contribution in [3.8, 4) is 5.88 Å². The lowest BCUT2D eigenvalue weighted by molar-refractivity contribution is 0.163. The Balaban J connectivity index is 1.82. The van der Waals surface area contributed by atoms with E-state index >= 15 is 0 Å². The molecule has 0 aromatic carbocycles. The van der Waals surface area contributed by atoms with Gasteiger partial charge in [-0.25, -0.2) is 8.78 Å². The average Bonchev–Trinajstić information content (AvgIpc) is 2.87. The van der Waals surface area contributed by atoms with Crippen molar-refractivity contribution in [2.45, 2.75) is 32.1 Å². The predicted molar refractivity (Wildman–Crippen MR) is 64.0 cm³/mol. The maximum atomic E-state index is 12.0. The standard InChI is InChI=1S/C12H17F2N3O/c13-10(14)5-16-11-6-15-7-12(17-11)18-8-9-3-1-2-4-9/h6-7,9-10H,1-5,8H2,(H,16,17). The summed E-state index contributed by atoms with van der Waals surface area (Å²) in [6.07, 6.45) is 5.40. The van der Waals surface area contributed by atoms with Gasteiger partial charge in [0.1, 0.15) is 5.82 Å².